The highest BCUT2D eigenvalue weighted by Gasteiger charge is 2.21. The first-order valence-corrected chi connectivity index (χ1v) is 6.94. The molecular formula is C16H18N4O. The molecule has 4 N–H and O–H groups in total. The molecule has 5 heteroatoms. The molecule has 0 saturated heterocycles. The molecule has 1 aliphatic heterocycles. The summed E-state index contributed by atoms with van der Waals surface area (Å²) in [7, 11) is 0. The number of aryl methyl sites for hydroxylation is 1. The molecule has 0 fully saturated rings. The maximum Gasteiger partial charge on any atom is 0.252 e. The molecule has 1 amide bonds. The Hall–Kier alpha value is -2.56. The van der Waals surface area contributed by atoms with Crippen molar-refractivity contribution in [3.63, 3.8) is 0 Å². The number of benzene rings is 1. The smallest absolute Gasteiger partial charge is 0.252 e. The van der Waals surface area contributed by atoms with Crippen molar-refractivity contribution in [1.29, 1.82) is 0 Å². The molecule has 1 aromatic heterocycles. The van der Waals surface area contributed by atoms with Gasteiger partial charge in [0.2, 0.25) is 0 Å². The van der Waals surface area contributed by atoms with Crippen LogP contribution in [-0.2, 0) is 13.0 Å². The third kappa shape index (κ3) is 2.54. The molecule has 0 saturated carbocycles. The van der Waals surface area contributed by atoms with Crippen molar-refractivity contribution in [3.05, 3.63) is 52.7 Å². The van der Waals surface area contributed by atoms with Crippen LogP contribution in [0.25, 0.3) is 0 Å². The molecular weight excluding hydrogens is 264 g/mol. The number of fused-ring (bicyclic) bond motifs is 1. The minimum Gasteiger partial charge on any atom is -0.399 e. The van der Waals surface area contributed by atoms with Gasteiger partial charge < -0.3 is 16.4 Å². The fourth-order valence-corrected chi connectivity index (χ4v) is 2.73. The van der Waals surface area contributed by atoms with Gasteiger partial charge in [0.25, 0.3) is 5.91 Å². The molecule has 2 aromatic rings. The predicted octanol–water partition coefficient (Wildman–Crippen LogP) is 1.63. The van der Waals surface area contributed by atoms with Crippen molar-refractivity contribution in [3.8, 4) is 0 Å². The van der Waals surface area contributed by atoms with Crippen LogP contribution in [0, 0.1) is 6.92 Å². The van der Waals surface area contributed by atoms with E-state index in [0.29, 0.717) is 17.9 Å². The fourth-order valence-electron chi connectivity index (χ4n) is 2.73. The second-order valence-electron chi connectivity index (χ2n) is 5.39. The number of primary amides is 1. The number of nitrogen functional groups attached to an aromatic ring is 1. The molecule has 1 aromatic carbocycles. The summed E-state index contributed by atoms with van der Waals surface area (Å²) in [6.45, 7) is 3.41. The largest absolute Gasteiger partial charge is 0.399 e. The Bertz CT molecular complexity index is 711. The summed E-state index contributed by atoms with van der Waals surface area (Å²) in [5.41, 5.74) is 15.9. The van der Waals surface area contributed by atoms with Gasteiger partial charge in [0, 0.05) is 24.5 Å². The third-order valence-corrected chi connectivity index (χ3v) is 3.82. The fraction of sp³-hybridized carbons (Fsp3) is 0.250. The number of carbonyl (C=O) groups is 1. The summed E-state index contributed by atoms with van der Waals surface area (Å²) in [6, 6.07) is 9.53. The third-order valence-electron chi connectivity index (χ3n) is 3.82. The van der Waals surface area contributed by atoms with E-state index in [1.807, 2.05) is 19.1 Å². The molecule has 0 radical (unpaired) electrons. The van der Waals surface area contributed by atoms with Gasteiger partial charge in [0.1, 0.15) is 5.82 Å². The van der Waals surface area contributed by atoms with Crippen molar-refractivity contribution < 1.29 is 4.79 Å². The summed E-state index contributed by atoms with van der Waals surface area (Å²) >= 11 is 0. The predicted molar refractivity (Wildman–Crippen MR) is 83.1 cm³/mol. The van der Waals surface area contributed by atoms with Crippen LogP contribution < -0.4 is 16.4 Å². The first kappa shape index (κ1) is 13.4. The van der Waals surface area contributed by atoms with Crippen LogP contribution in [0.1, 0.15) is 27.2 Å². The van der Waals surface area contributed by atoms with Crippen LogP contribution in [0.2, 0.25) is 0 Å². The van der Waals surface area contributed by atoms with Crippen molar-refractivity contribution in [2.75, 3.05) is 17.2 Å². The van der Waals surface area contributed by atoms with Gasteiger partial charge in [-0.1, -0.05) is 6.07 Å². The van der Waals surface area contributed by atoms with E-state index < -0.39 is 5.91 Å². The van der Waals surface area contributed by atoms with Crippen molar-refractivity contribution in [1.82, 2.24) is 4.98 Å². The lowest BCUT2D eigenvalue weighted by atomic mass is 9.98. The number of rotatable bonds is 2. The molecule has 0 spiro atoms. The van der Waals surface area contributed by atoms with Crippen molar-refractivity contribution in [2.24, 2.45) is 5.73 Å². The number of carbonyl (C=O) groups excluding carboxylic acids is 1. The Morgan fingerprint density at radius 1 is 1.24 bits per heavy atom. The zero-order valence-electron chi connectivity index (χ0n) is 12.0. The van der Waals surface area contributed by atoms with Gasteiger partial charge in [-0.05, 0) is 48.7 Å². The van der Waals surface area contributed by atoms with Crippen LogP contribution in [0.15, 0.2) is 30.3 Å². The van der Waals surface area contributed by atoms with Crippen molar-refractivity contribution in [2.45, 2.75) is 19.9 Å². The number of pyridine rings is 1. The lowest BCUT2D eigenvalue weighted by molar-refractivity contribution is 0.100. The first-order chi connectivity index (χ1) is 10.0. The Morgan fingerprint density at radius 3 is 2.81 bits per heavy atom. The average Bonchev–Trinajstić information content (AvgIpc) is 2.46. The number of hydrogen-bond acceptors (Lipinski definition) is 4. The second-order valence-corrected chi connectivity index (χ2v) is 5.39. The molecule has 108 valence electrons. The van der Waals surface area contributed by atoms with E-state index in [4.69, 9.17) is 11.5 Å². The standard InChI is InChI=1S/C16H18N4O/c1-10-2-5-14(15(18)21)16(19-10)20-7-6-11-3-4-13(17)8-12(11)9-20/h2-5,8H,6-7,9,17H2,1H3,(H2,18,21). The van der Waals surface area contributed by atoms with Crippen LogP contribution in [0.5, 0.6) is 0 Å². The summed E-state index contributed by atoms with van der Waals surface area (Å²) < 4.78 is 0. The van der Waals surface area contributed by atoms with E-state index in [2.05, 4.69) is 16.0 Å². The van der Waals surface area contributed by atoms with E-state index in [-0.39, 0.29) is 0 Å². The minimum absolute atomic E-state index is 0.448. The van der Waals surface area contributed by atoms with E-state index in [9.17, 15) is 4.79 Å². The number of hydrogen-bond donors (Lipinski definition) is 2. The topological polar surface area (TPSA) is 85.2 Å². The van der Waals surface area contributed by atoms with Crippen LogP contribution in [0.4, 0.5) is 11.5 Å². The molecule has 0 unspecified atom stereocenters. The number of nitrogens with two attached hydrogens (primary N) is 2. The second kappa shape index (κ2) is 5.09. The zero-order chi connectivity index (χ0) is 15.0. The van der Waals surface area contributed by atoms with Gasteiger partial charge in [-0.25, -0.2) is 4.98 Å². The number of amides is 1. The van der Waals surface area contributed by atoms with E-state index in [1.165, 1.54) is 11.1 Å². The normalized spacial score (nSPS) is 13.9. The first-order valence-electron chi connectivity index (χ1n) is 6.94. The van der Waals surface area contributed by atoms with Crippen LogP contribution in [0.3, 0.4) is 0 Å². The molecule has 0 aliphatic carbocycles. The molecule has 0 atom stereocenters. The van der Waals surface area contributed by atoms with Crippen molar-refractivity contribution >= 4 is 17.4 Å². The van der Waals surface area contributed by atoms with Crippen LogP contribution in [-0.4, -0.2) is 17.4 Å². The maximum atomic E-state index is 11.6. The number of anilines is 2. The van der Waals surface area contributed by atoms with Gasteiger partial charge in [0.05, 0.1) is 5.56 Å². The Balaban J connectivity index is 1.99. The lowest BCUT2D eigenvalue weighted by Gasteiger charge is -2.31. The average molecular weight is 282 g/mol. The molecule has 2 heterocycles. The molecule has 3 rings (SSSR count). The van der Waals surface area contributed by atoms with E-state index in [0.717, 1.165) is 24.3 Å². The van der Waals surface area contributed by atoms with Crippen LogP contribution >= 0.6 is 0 Å². The highest BCUT2D eigenvalue weighted by atomic mass is 16.1. The summed E-state index contributed by atoms with van der Waals surface area (Å²) in [5.74, 6) is 0.214. The zero-order valence-corrected chi connectivity index (χ0v) is 12.0. The maximum absolute atomic E-state index is 11.6. The van der Waals surface area contributed by atoms with Gasteiger partial charge in [-0.15, -0.1) is 0 Å². The number of nitrogens with zero attached hydrogens (tertiary/aromatic N) is 2. The molecule has 21 heavy (non-hydrogen) atoms. The highest BCUT2D eigenvalue weighted by Crippen LogP contribution is 2.27. The van der Waals surface area contributed by atoms with Gasteiger partial charge >= 0.3 is 0 Å². The quantitative estimate of drug-likeness (QED) is 0.820. The Labute approximate surface area is 123 Å². The highest BCUT2D eigenvalue weighted by molar-refractivity contribution is 5.97. The Morgan fingerprint density at radius 2 is 2.05 bits per heavy atom. The monoisotopic (exact) mass is 282 g/mol. The number of aromatic nitrogens is 1. The summed E-state index contributed by atoms with van der Waals surface area (Å²) in [5, 5.41) is 0. The molecule has 0 bridgehead atoms. The van der Waals surface area contributed by atoms with Gasteiger partial charge in [0.15, 0.2) is 0 Å². The molecule has 1 aliphatic rings. The van der Waals surface area contributed by atoms with E-state index >= 15 is 0 Å². The Kier molecular flexibility index (Phi) is 3.25. The molecule has 5 nitrogen and oxygen atoms in total. The summed E-state index contributed by atoms with van der Waals surface area (Å²) in [6.07, 6.45) is 0.906. The summed E-state index contributed by atoms with van der Waals surface area (Å²) in [4.78, 5) is 18.2. The van der Waals surface area contributed by atoms with E-state index in [1.54, 1.807) is 12.1 Å². The minimum atomic E-state index is -0.448. The van der Waals surface area contributed by atoms with Gasteiger partial charge in [-0.3, -0.25) is 4.79 Å². The van der Waals surface area contributed by atoms with Gasteiger partial charge in [-0.2, -0.15) is 0 Å². The lowest BCUT2D eigenvalue weighted by Crippen LogP contribution is -2.33. The SMILES string of the molecule is Cc1ccc(C(N)=O)c(N2CCc3ccc(N)cc3C2)n1.